The van der Waals surface area contributed by atoms with Crippen molar-refractivity contribution < 1.29 is 4.79 Å². The summed E-state index contributed by atoms with van der Waals surface area (Å²) in [6, 6.07) is 11.4. The molecule has 3 rings (SSSR count). The van der Waals surface area contributed by atoms with Crippen LogP contribution in [0.15, 0.2) is 47.1 Å². The van der Waals surface area contributed by atoms with Crippen LogP contribution in [-0.2, 0) is 0 Å². The molecule has 5 heteroatoms. The first kappa shape index (κ1) is 11.9. The zero-order valence-electron chi connectivity index (χ0n) is 9.80. The van der Waals surface area contributed by atoms with Crippen molar-refractivity contribution in [2.45, 2.75) is 0 Å². The summed E-state index contributed by atoms with van der Waals surface area (Å²) < 4.78 is 2.30. The van der Waals surface area contributed by atoms with Gasteiger partial charge in [0, 0.05) is 11.8 Å². The number of hydrogen-bond acceptors (Lipinski definition) is 2. The predicted molar refractivity (Wildman–Crippen MR) is 75.7 cm³/mol. The molecular formula is C14H9BrN3O. The van der Waals surface area contributed by atoms with Crippen molar-refractivity contribution in [3.63, 3.8) is 0 Å². The Morgan fingerprint density at radius 2 is 2.00 bits per heavy atom. The lowest BCUT2D eigenvalue weighted by molar-refractivity contribution is 0.0999. The number of benzene rings is 1. The zero-order chi connectivity index (χ0) is 13.4. The number of nitrogens with zero attached hydrogens (tertiary/aromatic N) is 2. The molecule has 0 unspecified atom stereocenters. The van der Waals surface area contributed by atoms with Gasteiger partial charge in [0.15, 0.2) is 0 Å². The fourth-order valence-electron chi connectivity index (χ4n) is 1.98. The molecule has 1 amide bonds. The molecule has 0 fully saturated rings. The lowest BCUT2D eigenvalue weighted by atomic mass is 10.1. The minimum atomic E-state index is -0.477. The number of nitrogens with two attached hydrogens (primary N) is 1. The Kier molecular flexibility index (Phi) is 2.83. The minimum absolute atomic E-state index is 0.429. The number of carbonyl (C=O) groups is 1. The van der Waals surface area contributed by atoms with E-state index in [0.29, 0.717) is 10.0 Å². The van der Waals surface area contributed by atoms with Crippen molar-refractivity contribution in [1.82, 2.24) is 9.61 Å². The van der Waals surface area contributed by atoms with E-state index in [-0.39, 0.29) is 0 Å². The maximum atomic E-state index is 11.4. The number of primary amides is 1. The fraction of sp³-hybridized carbons (Fsp3) is 0. The molecule has 2 aromatic heterocycles. The van der Waals surface area contributed by atoms with Crippen molar-refractivity contribution in [3.8, 4) is 11.1 Å². The van der Waals surface area contributed by atoms with Gasteiger partial charge in [0.05, 0.1) is 15.6 Å². The Labute approximate surface area is 118 Å². The first-order chi connectivity index (χ1) is 9.18. The molecule has 0 aliphatic heterocycles. The van der Waals surface area contributed by atoms with E-state index in [1.54, 1.807) is 16.8 Å². The van der Waals surface area contributed by atoms with Crippen molar-refractivity contribution in [2.75, 3.05) is 0 Å². The molecule has 19 heavy (non-hydrogen) atoms. The molecule has 0 aliphatic carbocycles. The van der Waals surface area contributed by atoms with Crippen LogP contribution in [0.5, 0.6) is 0 Å². The van der Waals surface area contributed by atoms with Gasteiger partial charge in [-0.05, 0) is 27.6 Å². The number of carbonyl (C=O) groups excluding carboxylic acids is 1. The van der Waals surface area contributed by atoms with Gasteiger partial charge in [-0.25, -0.2) is 4.52 Å². The van der Waals surface area contributed by atoms with Crippen molar-refractivity contribution in [1.29, 1.82) is 0 Å². The van der Waals surface area contributed by atoms with Gasteiger partial charge in [-0.3, -0.25) is 4.79 Å². The van der Waals surface area contributed by atoms with Crippen LogP contribution in [0.1, 0.15) is 10.4 Å². The summed E-state index contributed by atoms with van der Waals surface area (Å²) in [7, 11) is 0. The van der Waals surface area contributed by atoms with E-state index < -0.39 is 5.91 Å². The smallest absolute Gasteiger partial charge is 0.249 e. The van der Waals surface area contributed by atoms with Crippen LogP contribution in [0.3, 0.4) is 0 Å². The number of pyridine rings is 1. The summed E-state index contributed by atoms with van der Waals surface area (Å²) >= 11 is 3.43. The molecule has 0 saturated heterocycles. The highest BCUT2D eigenvalue weighted by Gasteiger charge is 2.15. The van der Waals surface area contributed by atoms with Gasteiger partial charge < -0.3 is 5.73 Å². The highest BCUT2D eigenvalue weighted by atomic mass is 79.9. The minimum Gasteiger partial charge on any atom is -0.366 e. The van der Waals surface area contributed by atoms with E-state index in [1.165, 1.54) is 0 Å². The second kappa shape index (κ2) is 4.51. The van der Waals surface area contributed by atoms with E-state index >= 15 is 0 Å². The molecule has 1 aromatic carbocycles. The third-order valence-electron chi connectivity index (χ3n) is 2.89. The molecule has 0 atom stereocenters. The maximum Gasteiger partial charge on any atom is 0.249 e. The Balaban J connectivity index is 2.33. The van der Waals surface area contributed by atoms with E-state index in [0.717, 1.165) is 16.6 Å². The first-order valence-corrected chi connectivity index (χ1v) is 6.41. The lowest BCUT2D eigenvalue weighted by Gasteiger charge is -2.05. The van der Waals surface area contributed by atoms with Crippen LogP contribution >= 0.6 is 15.9 Å². The second-order valence-electron chi connectivity index (χ2n) is 4.05. The monoisotopic (exact) mass is 314 g/mol. The summed E-state index contributed by atoms with van der Waals surface area (Å²) in [5.41, 5.74) is 8.38. The van der Waals surface area contributed by atoms with Crippen LogP contribution in [0, 0.1) is 6.20 Å². The van der Waals surface area contributed by atoms with Crippen LogP contribution in [0.2, 0.25) is 0 Å². The van der Waals surface area contributed by atoms with Gasteiger partial charge in [0.25, 0.3) is 0 Å². The maximum absolute atomic E-state index is 11.4. The topological polar surface area (TPSA) is 60.4 Å². The fourth-order valence-corrected chi connectivity index (χ4v) is 2.69. The summed E-state index contributed by atoms with van der Waals surface area (Å²) in [4.78, 5) is 11.4. The first-order valence-electron chi connectivity index (χ1n) is 5.62. The number of halogens is 1. The Morgan fingerprint density at radius 3 is 2.68 bits per heavy atom. The van der Waals surface area contributed by atoms with Crippen LogP contribution in [-0.4, -0.2) is 15.5 Å². The van der Waals surface area contributed by atoms with Crippen LogP contribution in [0.4, 0.5) is 0 Å². The Morgan fingerprint density at radius 1 is 1.26 bits per heavy atom. The second-order valence-corrected chi connectivity index (χ2v) is 4.85. The third kappa shape index (κ3) is 1.92. The van der Waals surface area contributed by atoms with Gasteiger partial charge in [0.2, 0.25) is 5.91 Å². The highest BCUT2D eigenvalue weighted by molar-refractivity contribution is 9.10. The van der Waals surface area contributed by atoms with Gasteiger partial charge >= 0.3 is 0 Å². The van der Waals surface area contributed by atoms with Crippen molar-refractivity contribution >= 4 is 27.4 Å². The third-order valence-corrected chi connectivity index (χ3v) is 3.69. The van der Waals surface area contributed by atoms with Gasteiger partial charge in [-0.15, -0.1) is 0 Å². The molecule has 0 spiro atoms. The molecule has 3 aromatic rings. The molecule has 2 heterocycles. The van der Waals surface area contributed by atoms with Crippen LogP contribution in [0.25, 0.3) is 16.6 Å². The van der Waals surface area contributed by atoms with E-state index in [1.807, 2.05) is 30.3 Å². The number of hydrogen-bond donors (Lipinski definition) is 1. The van der Waals surface area contributed by atoms with Crippen LogP contribution < -0.4 is 5.73 Å². The van der Waals surface area contributed by atoms with Crippen molar-refractivity contribution in [3.05, 3.63) is 58.8 Å². The average molecular weight is 315 g/mol. The predicted octanol–water partition coefficient (Wildman–Crippen LogP) is 2.66. The number of rotatable bonds is 2. The van der Waals surface area contributed by atoms with Gasteiger partial charge in [-0.1, -0.05) is 30.3 Å². The normalized spacial score (nSPS) is 10.8. The molecular weight excluding hydrogens is 306 g/mol. The average Bonchev–Trinajstić information content (AvgIpc) is 2.84. The number of amides is 1. The molecule has 0 saturated carbocycles. The summed E-state index contributed by atoms with van der Waals surface area (Å²) in [6.45, 7) is 0. The SMILES string of the molecule is NC(=O)c1ccn2n[c]c(-c3ccccc3)c2c1Br. The summed E-state index contributed by atoms with van der Waals surface area (Å²) in [5, 5.41) is 4.17. The molecule has 2 N–H and O–H groups in total. The molecule has 0 bridgehead atoms. The molecule has 93 valence electrons. The summed E-state index contributed by atoms with van der Waals surface area (Å²) in [5.74, 6) is -0.477. The van der Waals surface area contributed by atoms with Crippen molar-refractivity contribution in [2.24, 2.45) is 5.73 Å². The number of aromatic nitrogens is 2. The van der Waals surface area contributed by atoms with E-state index in [2.05, 4.69) is 27.2 Å². The quantitative estimate of drug-likeness (QED) is 0.790. The van der Waals surface area contributed by atoms with Gasteiger partial charge in [0.1, 0.15) is 6.20 Å². The van der Waals surface area contributed by atoms with E-state index in [4.69, 9.17) is 5.73 Å². The standard InChI is InChI=1S/C14H9BrN3O/c15-12-10(14(16)19)6-7-18-13(12)11(8-17-18)9-4-2-1-3-5-9/h1-7H,(H2,16,19). The lowest BCUT2D eigenvalue weighted by Crippen LogP contribution is -2.12. The van der Waals surface area contributed by atoms with E-state index in [9.17, 15) is 4.79 Å². The van der Waals surface area contributed by atoms with Gasteiger partial charge in [-0.2, -0.15) is 5.10 Å². The largest absolute Gasteiger partial charge is 0.366 e. The highest BCUT2D eigenvalue weighted by Crippen LogP contribution is 2.31. The Hall–Kier alpha value is -2.14. The number of fused-ring (bicyclic) bond motifs is 1. The Bertz CT molecular complexity index is 765. The zero-order valence-corrected chi connectivity index (χ0v) is 11.4. The molecule has 0 aliphatic rings. The molecule has 1 radical (unpaired) electrons. The molecule has 4 nitrogen and oxygen atoms in total. The summed E-state index contributed by atoms with van der Waals surface area (Å²) in [6.07, 6.45) is 4.67.